The fourth-order valence-corrected chi connectivity index (χ4v) is 2.82. The zero-order chi connectivity index (χ0) is 14.9. The minimum Gasteiger partial charge on any atom is -0.342 e. The summed E-state index contributed by atoms with van der Waals surface area (Å²) in [5, 5.41) is 0. The van der Waals surface area contributed by atoms with Gasteiger partial charge in [-0.1, -0.05) is 31.2 Å². The van der Waals surface area contributed by atoms with Gasteiger partial charge in [0, 0.05) is 12.3 Å². The highest BCUT2D eigenvalue weighted by molar-refractivity contribution is 5.75. The van der Waals surface area contributed by atoms with Crippen molar-refractivity contribution in [3.63, 3.8) is 0 Å². The average Bonchev–Trinajstić information content (AvgIpc) is 3.15. The van der Waals surface area contributed by atoms with Gasteiger partial charge in [0.2, 0.25) is 0 Å². The maximum atomic E-state index is 4.68. The number of para-hydroxylation sites is 4. The van der Waals surface area contributed by atoms with Gasteiger partial charge in [-0.25, -0.2) is 9.97 Å². The summed E-state index contributed by atoms with van der Waals surface area (Å²) in [4.78, 5) is 16.1. The maximum Gasteiger partial charge on any atom is 0.110 e. The van der Waals surface area contributed by atoms with Gasteiger partial charge in [-0.15, -0.1) is 0 Å². The normalized spacial score (nSPS) is 13.0. The molecule has 2 aromatic carbocycles. The summed E-state index contributed by atoms with van der Waals surface area (Å²) in [6.07, 6.45) is 1.94. The van der Waals surface area contributed by atoms with Crippen molar-refractivity contribution in [3.05, 3.63) is 60.2 Å². The minimum absolute atomic E-state index is 0.376. The highest BCUT2D eigenvalue weighted by Gasteiger charge is 2.12. The number of fused-ring (bicyclic) bond motifs is 2. The van der Waals surface area contributed by atoms with Crippen LogP contribution in [0.15, 0.2) is 48.5 Å². The van der Waals surface area contributed by atoms with Gasteiger partial charge in [0.1, 0.15) is 11.6 Å². The Morgan fingerprint density at radius 2 is 1.50 bits per heavy atom. The van der Waals surface area contributed by atoms with Crippen molar-refractivity contribution in [2.24, 2.45) is 0 Å². The monoisotopic (exact) mass is 290 g/mol. The van der Waals surface area contributed by atoms with E-state index >= 15 is 0 Å². The van der Waals surface area contributed by atoms with Gasteiger partial charge in [0.25, 0.3) is 0 Å². The predicted molar refractivity (Wildman–Crippen MR) is 88.9 cm³/mol. The van der Waals surface area contributed by atoms with Crippen LogP contribution in [0.2, 0.25) is 0 Å². The topological polar surface area (TPSA) is 57.4 Å². The molecule has 110 valence electrons. The van der Waals surface area contributed by atoms with Gasteiger partial charge in [0.05, 0.1) is 22.1 Å². The molecular weight excluding hydrogens is 272 g/mol. The molecule has 4 heteroatoms. The fraction of sp³-hybridized carbons (Fsp3) is 0.222. The van der Waals surface area contributed by atoms with E-state index in [2.05, 4.69) is 39.0 Å². The van der Waals surface area contributed by atoms with E-state index in [9.17, 15) is 0 Å². The van der Waals surface area contributed by atoms with Crippen molar-refractivity contribution in [3.8, 4) is 0 Å². The van der Waals surface area contributed by atoms with E-state index in [0.717, 1.165) is 46.6 Å². The summed E-state index contributed by atoms with van der Waals surface area (Å²) >= 11 is 0. The Morgan fingerprint density at radius 3 is 2.18 bits per heavy atom. The third kappa shape index (κ3) is 2.37. The summed E-state index contributed by atoms with van der Waals surface area (Å²) < 4.78 is 0. The number of benzene rings is 2. The van der Waals surface area contributed by atoms with E-state index in [0.29, 0.717) is 5.92 Å². The van der Waals surface area contributed by atoms with Gasteiger partial charge in [0.15, 0.2) is 0 Å². The van der Waals surface area contributed by atoms with Crippen LogP contribution in [0.25, 0.3) is 22.1 Å². The Bertz CT molecular complexity index is 853. The molecule has 2 N–H and O–H groups in total. The van der Waals surface area contributed by atoms with Crippen molar-refractivity contribution >= 4 is 22.1 Å². The molecule has 22 heavy (non-hydrogen) atoms. The number of nitrogens with one attached hydrogen (secondary N) is 2. The number of hydrogen-bond donors (Lipinski definition) is 2. The first-order valence-corrected chi connectivity index (χ1v) is 7.68. The van der Waals surface area contributed by atoms with Crippen LogP contribution in [0.4, 0.5) is 0 Å². The molecule has 4 aromatic rings. The second-order valence-corrected chi connectivity index (χ2v) is 5.78. The molecule has 0 aliphatic carbocycles. The van der Waals surface area contributed by atoms with Crippen LogP contribution in [0, 0.1) is 0 Å². The van der Waals surface area contributed by atoms with E-state index in [1.165, 1.54) is 0 Å². The van der Waals surface area contributed by atoms with Gasteiger partial charge < -0.3 is 9.97 Å². The van der Waals surface area contributed by atoms with Gasteiger partial charge in [-0.3, -0.25) is 0 Å². The van der Waals surface area contributed by atoms with Crippen LogP contribution in [0.1, 0.15) is 30.9 Å². The van der Waals surface area contributed by atoms with Crippen molar-refractivity contribution in [2.75, 3.05) is 0 Å². The largest absolute Gasteiger partial charge is 0.342 e. The van der Waals surface area contributed by atoms with Crippen molar-refractivity contribution < 1.29 is 0 Å². The number of nitrogens with zero attached hydrogens (tertiary/aromatic N) is 2. The lowest BCUT2D eigenvalue weighted by Crippen LogP contribution is -1.99. The van der Waals surface area contributed by atoms with Crippen LogP contribution in [-0.4, -0.2) is 19.9 Å². The molecule has 0 bridgehead atoms. The Kier molecular flexibility index (Phi) is 3.15. The van der Waals surface area contributed by atoms with E-state index in [1.807, 2.05) is 36.4 Å². The Labute approximate surface area is 128 Å². The molecule has 2 heterocycles. The molecule has 0 saturated heterocycles. The smallest absolute Gasteiger partial charge is 0.110 e. The first kappa shape index (κ1) is 13.1. The SMILES string of the molecule is C[C@H](CCc1nc2ccccc2[nH]1)c1nc2ccccc2[nH]1. The van der Waals surface area contributed by atoms with Crippen molar-refractivity contribution in [2.45, 2.75) is 25.7 Å². The number of aromatic amines is 2. The molecule has 4 rings (SSSR count). The van der Waals surface area contributed by atoms with E-state index in [-0.39, 0.29) is 0 Å². The molecular formula is C18H18N4. The third-order valence-electron chi connectivity index (χ3n) is 4.13. The van der Waals surface area contributed by atoms with Crippen LogP contribution in [0.5, 0.6) is 0 Å². The second-order valence-electron chi connectivity index (χ2n) is 5.78. The number of aromatic nitrogens is 4. The summed E-state index contributed by atoms with van der Waals surface area (Å²) in [5.41, 5.74) is 4.28. The van der Waals surface area contributed by atoms with Crippen LogP contribution in [-0.2, 0) is 6.42 Å². The maximum absolute atomic E-state index is 4.68. The Morgan fingerprint density at radius 1 is 0.864 bits per heavy atom. The lowest BCUT2D eigenvalue weighted by Gasteiger charge is -2.06. The number of aryl methyl sites for hydroxylation is 1. The molecule has 0 unspecified atom stereocenters. The zero-order valence-corrected chi connectivity index (χ0v) is 12.5. The molecule has 0 aliphatic heterocycles. The molecule has 0 fully saturated rings. The fourth-order valence-electron chi connectivity index (χ4n) is 2.82. The van der Waals surface area contributed by atoms with E-state index in [4.69, 9.17) is 0 Å². The van der Waals surface area contributed by atoms with Gasteiger partial charge in [-0.2, -0.15) is 0 Å². The predicted octanol–water partition coefficient (Wildman–Crippen LogP) is 4.18. The average molecular weight is 290 g/mol. The molecule has 0 aliphatic rings. The first-order valence-electron chi connectivity index (χ1n) is 7.68. The molecule has 0 saturated carbocycles. The standard InChI is InChI=1S/C18H18N4/c1-12(18-21-15-8-4-5-9-16(15)22-18)10-11-17-19-13-6-2-3-7-14(13)20-17/h2-9,12H,10-11H2,1H3,(H,19,20)(H,21,22)/t12-/m1/s1. The first-order chi connectivity index (χ1) is 10.8. The molecule has 4 nitrogen and oxygen atoms in total. The van der Waals surface area contributed by atoms with Gasteiger partial charge in [-0.05, 0) is 30.7 Å². The number of hydrogen-bond acceptors (Lipinski definition) is 2. The highest BCUT2D eigenvalue weighted by atomic mass is 14.9. The minimum atomic E-state index is 0.376. The third-order valence-corrected chi connectivity index (χ3v) is 4.13. The van der Waals surface area contributed by atoms with Crippen LogP contribution in [0.3, 0.4) is 0 Å². The highest BCUT2D eigenvalue weighted by Crippen LogP contribution is 2.22. The summed E-state index contributed by atoms with van der Waals surface area (Å²) in [6.45, 7) is 2.21. The molecule has 2 aromatic heterocycles. The van der Waals surface area contributed by atoms with Crippen molar-refractivity contribution in [1.29, 1.82) is 0 Å². The van der Waals surface area contributed by atoms with Crippen LogP contribution < -0.4 is 0 Å². The Hall–Kier alpha value is -2.62. The molecule has 1 atom stereocenters. The quantitative estimate of drug-likeness (QED) is 0.592. The molecule has 0 spiro atoms. The summed E-state index contributed by atoms with van der Waals surface area (Å²) in [5.74, 6) is 2.47. The summed E-state index contributed by atoms with van der Waals surface area (Å²) in [6, 6.07) is 16.3. The number of H-pyrrole nitrogens is 2. The van der Waals surface area contributed by atoms with E-state index < -0.39 is 0 Å². The number of rotatable bonds is 4. The lowest BCUT2D eigenvalue weighted by atomic mass is 10.1. The van der Waals surface area contributed by atoms with E-state index in [1.54, 1.807) is 0 Å². The Balaban J connectivity index is 1.50. The van der Waals surface area contributed by atoms with Gasteiger partial charge >= 0.3 is 0 Å². The van der Waals surface area contributed by atoms with Crippen molar-refractivity contribution in [1.82, 2.24) is 19.9 Å². The lowest BCUT2D eigenvalue weighted by molar-refractivity contribution is 0.636. The molecule has 0 amide bonds. The number of imidazole rings is 2. The van der Waals surface area contributed by atoms with Crippen LogP contribution >= 0.6 is 0 Å². The summed E-state index contributed by atoms with van der Waals surface area (Å²) in [7, 11) is 0. The molecule has 0 radical (unpaired) electrons. The second kappa shape index (κ2) is 5.30. The zero-order valence-electron chi connectivity index (χ0n) is 12.5.